The minimum Gasteiger partial charge on any atom is -0.344 e. The molecule has 0 spiro atoms. The number of anilines is 2. The maximum Gasteiger partial charge on any atom is 0.248 e. The van der Waals surface area contributed by atoms with Crippen LogP contribution in [0.3, 0.4) is 0 Å². The van der Waals surface area contributed by atoms with Crippen LogP contribution < -0.4 is 10.2 Å². The summed E-state index contributed by atoms with van der Waals surface area (Å²) in [6.07, 6.45) is 7.17. The van der Waals surface area contributed by atoms with E-state index in [1.807, 2.05) is 52.2 Å². The van der Waals surface area contributed by atoms with Crippen LogP contribution in [0.15, 0.2) is 59.7 Å². The first-order valence-corrected chi connectivity index (χ1v) is 16.4. The molecular formula is C32H38N8O2S2. The van der Waals surface area contributed by atoms with Gasteiger partial charge in [-0.15, -0.1) is 22.7 Å². The Morgan fingerprint density at radius 2 is 1.95 bits per heavy atom. The quantitative estimate of drug-likeness (QED) is 0.155. The number of pyridine rings is 1. The Morgan fingerprint density at radius 3 is 2.64 bits per heavy atom. The van der Waals surface area contributed by atoms with E-state index in [1.54, 1.807) is 28.2 Å². The van der Waals surface area contributed by atoms with Gasteiger partial charge in [-0.05, 0) is 62.5 Å². The molecule has 0 bridgehead atoms. The Kier molecular flexibility index (Phi) is 9.82. The first-order chi connectivity index (χ1) is 20.9. The van der Waals surface area contributed by atoms with Gasteiger partial charge in [0, 0.05) is 42.3 Å². The largest absolute Gasteiger partial charge is 0.344 e. The number of Topliss-reactive ketones (excluding diaryl/α,β-unsaturated/α-hetero) is 1. The second-order valence-corrected chi connectivity index (χ2v) is 12.4. The number of amides is 1. The maximum absolute atomic E-state index is 13.7. The highest BCUT2D eigenvalue weighted by molar-refractivity contribution is 7.14. The molecule has 12 heteroatoms. The van der Waals surface area contributed by atoms with Crippen LogP contribution in [0, 0.1) is 0 Å². The summed E-state index contributed by atoms with van der Waals surface area (Å²) in [6, 6.07) is 9.55. The highest BCUT2D eigenvalue weighted by Crippen LogP contribution is 2.33. The summed E-state index contributed by atoms with van der Waals surface area (Å²) in [6.45, 7) is 9.02. The molecule has 1 fully saturated rings. The third-order valence-corrected chi connectivity index (χ3v) is 9.64. The smallest absolute Gasteiger partial charge is 0.248 e. The second kappa shape index (κ2) is 13.7. The molecule has 5 aromatic heterocycles. The van der Waals surface area contributed by atoms with Crippen LogP contribution in [0.4, 0.5) is 10.9 Å². The SMILES string of the molecule is C.CCN(CC)[C@@H](C)CCC(=O)c1cc(-c2cnn3ccc(-c4cccs4)nc23)nc(N2CC[C@H]2C(=O)Nc2nccs2)c1. The number of hydrogen-bond donors (Lipinski definition) is 1. The van der Waals surface area contributed by atoms with Crippen LogP contribution in [-0.4, -0.2) is 72.9 Å². The number of aromatic nitrogens is 5. The van der Waals surface area contributed by atoms with Crippen molar-refractivity contribution in [1.29, 1.82) is 0 Å². The lowest BCUT2D eigenvalue weighted by atomic mass is 9.99. The first kappa shape index (κ1) is 31.4. The number of thiophene rings is 1. The zero-order valence-electron chi connectivity index (χ0n) is 24.4. The number of carbonyl (C=O) groups is 2. The fourth-order valence-electron chi connectivity index (χ4n) is 5.50. The summed E-state index contributed by atoms with van der Waals surface area (Å²) in [5.41, 5.74) is 3.42. The predicted molar refractivity (Wildman–Crippen MR) is 179 cm³/mol. The van der Waals surface area contributed by atoms with Gasteiger partial charge in [0.1, 0.15) is 11.9 Å². The first-order valence-electron chi connectivity index (χ1n) is 14.6. The molecule has 1 aliphatic heterocycles. The number of rotatable bonds is 12. The molecule has 5 aromatic rings. The summed E-state index contributed by atoms with van der Waals surface area (Å²) in [5.74, 6) is 0.515. The molecule has 1 N–H and O–H groups in total. The number of fused-ring (bicyclic) bond motifs is 1. The van der Waals surface area contributed by atoms with Gasteiger partial charge in [-0.3, -0.25) is 9.59 Å². The molecule has 0 saturated carbocycles. The predicted octanol–water partition coefficient (Wildman–Crippen LogP) is 6.52. The van der Waals surface area contributed by atoms with E-state index in [0.717, 1.165) is 35.6 Å². The molecular weight excluding hydrogens is 593 g/mol. The molecule has 0 aliphatic carbocycles. The van der Waals surface area contributed by atoms with E-state index in [2.05, 4.69) is 41.1 Å². The average molecular weight is 631 g/mol. The topological polar surface area (TPSA) is 109 Å². The number of nitrogens with zero attached hydrogens (tertiary/aromatic N) is 7. The van der Waals surface area contributed by atoms with Crippen LogP contribution >= 0.6 is 22.7 Å². The molecule has 1 amide bonds. The van der Waals surface area contributed by atoms with Gasteiger partial charge >= 0.3 is 0 Å². The molecule has 0 radical (unpaired) electrons. The van der Waals surface area contributed by atoms with Crippen LogP contribution in [0.5, 0.6) is 0 Å². The lowest BCUT2D eigenvalue weighted by Crippen LogP contribution is -2.55. The van der Waals surface area contributed by atoms with Gasteiger partial charge in [0.25, 0.3) is 0 Å². The van der Waals surface area contributed by atoms with Crippen molar-refractivity contribution in [3.8, 4) is 21.8 Å². The van der Waals surface area contributed by atoms with E-state index in [1.165, 1.54) is 11.3 Å². The van der Waals surface area contributed by atoms with Crippen molar-refractivity contribution in [2.45, 2.75) is 59.5 Å². The Bertz CT molecular complexity index is 1710. The number of ketones is 1. The molecule has 6 rings (SSSR count). The van der Waals surface area contributed by atoms with Crippen molar-refractivity contribution in [2.24, 2.45) is 0 Å². The number of hydrogen-bond acceptors (Lipinski definition) is 10. The van der Waals surface area contributed by atoms with E-state index >= 15 is 0 Å². The Hall–Kier alpha value is -4.00. The Labute approximate surface area is 265 Å². The van der Waals surface area contributed by atoms with Crippen LogP contribution in [-0.2, 0) is 4.79 Å². The van der Waals surface area contributed by atoms with Crippen molar-refractivity contribution in [3.63, 3.8) is 0 Å². The van der Waals surface area contributed by atoms with Gasteiger partial charge < -0.3 is 15.1 Å². The van der Waals surface area contributed by atoms with Crippen LogP contribution in [0.25, 0.3) is 27.5 Å². The monoisotopic (exact) mass is 630 g/mol. The highest BCUT2D eigenvalue weighted by Gasteiger charge is 2.36. The summed E-state index contributed by atoms with van der Waals surface area (Å²) >= 11 is 3.01. The highest BCUT2D eigenvalue weighted by atomic mass is 32.1. The lowest BCUT2D eigenvalue weighted by Gasteiger charge is -2.40. The second-order valence-electron chi connectivity index (χ2n) is 10.6. The molecule has 230 valence electrons. The molecule has 6 heterocycles. The van der Waals surface area contributed by atoms with Crippen molar-refractivity contribution in [1.82, 2.24) is 29.5 Å². The summed E-state index contributed by atoms with van der Waals surface area (Å²) in [4.78, 5) is 46.2. The van der Waals surface area contributed by atoms with Gasteiger partial charge in [-0.25, -0.2) is 19.5 Å². The van der Waals surface area contributed by atoms with Gasteiger partial charge in [-0.2, -0.15) is 5.10 Å². The van der Waals surface area contributed by atoms with E-state index in [0.29, 0.717) is 53.3 Å². The molecule has 10 nitrogen and oxygen atoms in total. The summed E-state index contributed by atoms with van der Waals surface area (Å²) in [7, 11) is 0. The molecule has 2 atom stereocenters. The van der Waals surface area contributed by atoms with E-state index in [-0.39, 0.29) is 19.1 Å². The lowest BCUT2D eigenvalue weighted by molar-refractivity contribution is -0.118. The standard InChI is InChI=1S/C31H34N8O2S2.CH4/c1-4-37(5-2)20(3)8-9-26(40)21-17-24(22-19-33-39-14-10-23(35-29(22)39)27-7-6-15-42-27)34-28(18-21)38-13-11-25(38)30(41)36-31-32-12-16-43-31;/h6-7,10,12,14-20,25H,4-5,8-9,11,13H2,1-3H3,(H,32,36,41);1H4/t20-,25-;/m0./s1. The molecule has 1 saturated heterocycles. The van der Waals surface area contributed by atoms with E-state index in [9.17, 15) is 9.59 Å². The van der Waals surface area contributed by atoms with Crippen molar-refractivity contribution in [2.75, 3.05) is 29.9 Å². The zero-order chi connectivity index (χ0) is 29.9. The number of nitrogens with one attached hydrogen (secondary N) is 1. The maximum atomic E-state index is 13.7. The molecule has 0 aromatic carbocycles. The number of carbonyl (C=O) groups excluding carboxylic acids is 2. The van der Waals surface area contributed by atoms with E-state index < -0.39 is 6.04 Å². The van der Waals surface area contributed by atoms with Crippen LogP contribution in [0.2, 0.25) is 0 Å². The van der Waals surface area contributed by atoms with Gasteiger partial charge in [0.15, 0.2) is 16.6 Å². The Balaban J connectivity index is 0.00000384. The zero-order valence-corrected chi connectivity index (χ0v) is 26.1. The summed E-state index contributed by atoms with van der Waals surface area (Å²) < 4.78 is 1.72. The third-order valence-electron chi connectivity index (χ3n) is 8.06. The van der Waals surface area contributed by atoms with Gasteiger partial charge in [0.2, 0.25) is 5.91 Å². The fourth-order valence-corrected chi connectivity index (χ4v) is 6.72. The Morgan fingerprint density at radius 1 is 1.11 bits per heavy atom. The van der Waals surface area contributed by atoms with Crippen molar-refractivity contribution in [3.05, 3.63) is 65.2 Å². The average Bonchev–Trinajstić information content (AvgIpc) is 3.78. The van der Waals surface area contributed by atoms with Crippen molar-refractivity contribution < 1.29 is 9.59 Å². The van der Waals surface area contributed by atoms with Gasteiger partial charge in [0.05, 0.1) is 28.0 Å². The van der Waals surface area contributed by atoms with Crippen molar-refractivity contribution >= 4 is 51.0 Å². The minimum absolute atomic E-state index is 0. The summed E-state index contributed by atoms with van der Waals surface area (Å²) in [5, 5.41) is 11.8. The van der Waals surface area contributed by atoms with E-state index in [4.69, 9.17) is 9.97 Å². The molecule has 1 aliphatic rings. The van der Waals surface area contributed by atoms with Gasteiger partial charge in [-0.1, -0.05) is 27.3 Å². The number of thiazole rings is 1. The fraction of sp³-hybridized carbons (Fsp3) is 0.375. The molecule has 0 unspecified atom stereocenters. The normalized spacial score (nSPS) is 15.2. The third kappa shape index (κ3) is 6.42. The van der Waals surface area contributed by atoms with Crippen LogP contribution in [0.1, 0.15) is 57.8 Å². The minimum atomic E-state index is -0.398. The molecule has 44 heavy (non-hydrogen) atoms.